The normalized spacial score (nSPS) is 14.7. The second-order valence-corrected chi connectivity index (χ2v) is 9.53. The van der Waals surface area contributed by atoms with Gasteiger partial charge in [-0.2, -0.15) is 5.10 Å². The van der Waals surface area contributed by atoms with Crippen LogP contribution in [0.5, 0.6) is 0 Å². The molecule has 1 heterocycles. The van der Waals surface area contributed by atoms with Gasteiger partial charge >= 0.3 is 0 Å². The van der Waals surface area contributed by atoms with Gasteiger partial charge in [-0.15, -0.1) is 0 Å². The first-order valence-corrected chi connectivity index (χ1v) is 12.5. The molecule has 1 fully saturated rings. The van der Waals surface area contributed by atoms with Crippen LogP contribution in [0, 0.1) is 12.8 Å². The van der Waals surface area contributed by atoms with E-state index in [0.29, 0.717) is 35.0 Å². The van der Waals surface area contributed by atoms with E-state index in [9.17, 15) is 14.4 Å². The van der Waals surface area contributed by atoms with Crippen molar-refractivity contribution in [1.29, 1.82) is 0 Å². The SMILES string of the molecule is Cc1ccc(C(=O)N[C@@H](CCC2CCCCC2)C(N)=O)cc1NC(=O)c1cc(-c2ccccc2)n[nH]1. The highest BCUT2D eigenvalue weighted by Gasteiger charge is 2.22. The van der Waals surface area contributed by atoms with Crippen molar-refractivity contribution in [2.75, 3.05) is 5.32 Å². The van der Waals surface area contributed by atoms with E-state index in [-0.39, 0.29) is 5.91 Å². The molecule has 2 aromatic carbocycles. The van der Waals surface area contributed by atoms with E-state index in [4.69, 9.17) is 5.73 Å². The summed E-state index contributed by atoms with van der Waals surface area (Å²) in [5.41, 5.74) is 9.09. The van der Waals surface area contributed by atoms with Crippen LogP contribution in [0.15, 0.2) is 54.6 Å². The minimum atomic E-state index is -0.722. The summed E-state index contributed by atoms with van der Waals surface area (Å²) in [6.07, 6.45) is 7.47. The molecule has 5 N–H and O–H groups in total. The van der Waals surface area contributed by atoms with Gasteiger partial charge < -0.3 is 16.4 Å². The molecule has 1 aliphatic rings. The summed E-state index contributed by atoms with van der Waals surface area (Å²) in [6, 6.07) is 15.5. The van der Waals surface area contributed by atoms with Crippen molar-refractivity contribution in [3.63, 3.8) is 0 Å². The Morgan fingerprint density at radius 3 is 2.50 bits per heavy atom. The van der Waals surface area contributed by atoms with Crippen LogP contribution in [0.2, 0.25) is 0 Å². The number of anilines is 1. The summed E-state index contributed by atoms with van der Waals surface area (Å²) in [6.45, 7) is 1.84. The molecule has 3 amide bonds. The average molecular weight is 488 g/mol. The predicted octanol–water partition coefficient (Wildman–Crippen LogP) is 4.58. The molecule has 1 atom stereocenters. The number of aromatic amines is 1. The number of primary amides is 1. The molecule has 1 saturated carbocycles. The van der Waals surface area contributed by atoms with Crippen LogP contribution < -0.4 is 16.4 Å². The molecule has 0 bridgehead atoms. The number of aromatic nitrogens is 2. The second-order valence-electron chi connectivity index (χ2n) is 9.53. The first-order chi connectivity index (χ1) is 17.4. The molecule has 0 aliphatic heterocycles. The first kappa shape index (κ1) is 25.2. The van der Waals surface area contributed by atoms with Crippen molar-refractivity contribution in [2.24, 2.45) is 11.7 Å². The molecule has 4 rings (SSSR count). The smallest absolute Gasteiger partial charge is 0.273 e. The Morgan fingerprint density at radius 2 is 1.78 bits per heavy atom. The molecule has 0 saturated heterocycles. The number of hydrogen-bond acceptors (Lipinski definition) is 4. The molecule has 3 aromatic rings. The highest BCUT2D eigenvalue weighted by atomic mass is 16.2. The van der Waals surface area contributed by atoms with E-state index < -0.39 is 17.9 Å². The number of benzene rings is 2. The molecular weight excluding hydrogens is 454 g/mol. The van der Waals surface area contributed by atoms with Gasteiger partial charge in [0, 0.05) is 16.8 Å². The summed E-state index contributed by atoms with van der Waals surface area (Å²) in [5, 5.41) is 12.6. The van der Waals surface area contributed by atoms with Crippen LogP contribution in [0.25, 0.3) is 11.3 Å². The number of nitrogens with two attached hydrogens (primary N) is 1. The minimum absolute atomic E-state index is 0.305. The average Bonchev–Trinajstić information content (AvgIpc) is 3.39. The molecule has 8 nitrogen and oxygen atoms in total. The summed E-state index contributed by atoms with van der Waals surface area (Å²) < 4.78 is 0. The van der Waals surface area contributed by atoms with E-state index in [1.165, 1.54) is 32.1 Å². The molecule has 0 unspecified atom stereocenters. The maximum absolute atomic E-state index is 12.9. The van der Waals surface area contributed by atoms with Gasteiger partial charge in [0.1, 0.15) is 11.7 Å². The van der Waals surface area contributed by atoms with Gasteiger partial charge in [-0.05, 0) is 49.4 Å². The van der Waals surface area contributed by atoms with Crippen LogP contribution >= 0.6 is 0 Å². The molecule has 1 aromatic heterocycles. The quantitative estimate of drug-likeness (QED) is 0.352. The summed E-state index contributed by atoms with van der Waals surface area (Å²) in [4.78, 5) is 37.8. The fourth-order valence-electron chi connectivity index (χ4n) is 4.69. The number of carbonyl (C=O) groups is 3. The largest absolute Gasteiger partial charge is 0.368 e. The van der Waals surface area contributed by atoms with Crippen molar-refractivity contribution in [3.05, 3.63) is 71.4 Å². The Hall–Kier alpha value is -3.94. The van der Waals surface area contributed by atoms with Crippen LogP contribution in [0.4, 0.5) is 5.69 Å². The Balaban J connectivity index is 1.41. The molecule has 36 heavy (non-hydrogen) atoms. The standard InChI is InChI=1S/C28H33N5O3/c1-18-12-14-21(27(35)30-22(26(29)34)15-13-19-8-4-2-5-9-19)16-23(18)31-28(36)25-17-24(32-33-25)20-10-6-3-7-11-20/h3,6-7,10-12,14,16-17,19,22H,2,4-5,8-9,13,15H2,1H3,(H2,29,34)(H,30,35)(H,31,36)(H,32,33)/t22-/m0/s1. The molecule has 1 aliphatic carbocycles. The van der Waals surface area contributed by atoms with Crippen LogP contribution in [0.3, 0.4) is 0 Å². The van der Waals surface area contributed by atoms with E-state index in [0.717, 1.165) is 17.5 Å². The van der Waals surface area contributed by atoms with Crippen LogP contribution in [-0.2, 0) is 4.79 Å². The van der Waals surface area contributed by atoms with Crippen molar-refractivity contribution >= 4 is 23.4 Å². The van der Waals surface area contributed by atoms with E-state index in [2.05, 4.69) is 20.8 Å². The number of nitrogens with one attached hydrogen (secondary N) is 3. The van der Waals surface area contributed by atoms with Crippen molar-refractivity contribution in [1.82, 2.24) is 15.5 Å². The van der Waals surface area contributed by atoms with Gasteiger partial charge in [-0.25, -0.2) is 0 Å². The van der Waals surface area contributed by atoms with Gasteiger partial charge in [0.25, 0.3) is 11.8 Å². The number of rotatable bonds is 9. The molecule has 188 valence electrons. The lowest BCUT2D eigenvalue weighted by Crippen LogP contribution is -2.44. The van der Waals surface area contributed by atoms with E-state index in [1.54, 1.807) is 24.3 Å². The molecular formula is C28H33N5O3. The molecule has 8 heteroatoms. The first-order valence-electron chi connectivity index (χ1n) is 12.5. The highest BCUT2D eigenvalue weighted by Crippen LogP contribution is 2.28. The number of hydrogen-bond donors (Lipinski definition) is 4. The molecule has 0 spiro atoms. The fourth-order valence-corrected chi connectivity index (χ4v) is 4.69. The topological polar surface area (TPSA) is 130 Å². The fraction of sp³-hybridized carbons (Fsp3) is 0.357. The van der Waals surface area contributed by atoms with Gasteiger partial charge in [0.2, 0.25) is 5.91 Å². The number of amides is 3. The van der Waals surface area contributed by atoms with Crippen LogP contribution in [-0.4, -0.2) is 34.0 Å². The van der Waals surface area contributed by atoms with Gasteiger partial charge in [0.05, 0.1) is 5.69 Å². The Morgan fingerprint density at radius 1 is 1.03 bits per heavy atom. The van der Waals surface area contributed by atoms with E-state index >= 15 is 0 Å². The van der Waals surface area contributed by atoms with Crippen molar-refractivity contribution < 1.29 is 14.4 Å². The Bertz CT molecular complexity index is 1210. The van der Waals surface area contributed by atoms with Crippen molar-refractivity contribution in [3.8, 4) is 11.3 Å². The predicted molar refractivity (Wildman–Crippen MR) is 139 cm³/mol. The lowest BCUT2D eigenvalue weighted by atomic mass is 9.85. The summed E-state index contributed by atoms with van der Waals surface area (Å²) >= 11 is 0. The third-order valence-corrected chi connectivity index (χ3v) is 6.88. The lowest BCUT2D eigenvalue weighted by molar-refractivity contribution is -0.120. The lowest BCUT2D eigenvalue weighted by Gasteiger charge is -2.23. The number of aryl methyl sites for hydroxylation is 1. The van der Waals surface area contributed by atoms with Crippen LogP contribution in [0.1, 0.15) is 71.4 Å². The minimum Gasteiger partial charge on any atom is -0.368 e. The number of nitrogens with zero attached hydrogens (tertiary/aromatic N) is 1. The molecule has 0 radical (unpaired) electrons. The third-order valence-electron chi connectivity index (χ3n) is 6.88. The summed E-state index contributed by atoms with van der Waals surface area (Å²) in [5.74, 6) is -0.712. The van der Waals surface area contributed by atoms with E-state index in [1.807, 2.05) is 37.3 Å². The van der Waals surface area contributed by atoms with Gasteiger partial charge in [-0.1, -0.05) is 68.5 Å². The summed E-state index contributed by atoms with van der Waals surface area (Å²) in [7, 11) is 0. The Labute approximate surface area is 211 Å². The number of carbonyl (C=O) groups excluding carboxylic acids is 3. The van der Waals surface area contributed by atoms with Gasteiger partial charge in [-0.3, -0.25) is 19.5 Å². The maximum Gasteiger partial charge on any atom is 0.273 e. The monoisotopic (exact) mass is 487 g/mol. The highest BCUT2D eigenvalue weighted by molar-refractivity contribution is 6.05. The number of H-pyrrole nitrogens is 1. The Kier molecular flexibility index (Phi) is 8.15. The third kappa shape index (κ3) is 6.38. The van der Waals surface area contributed by atoms with Crippen molar-refractivity contribution in [2.45, 2.75) is 57.9 Å². The second kappa shape index (κ2) is 11.7. The maximum atomic E-state index is 12.9. The zero-order chi connectivity index (χ0) is 25.5. The zero-order valence-electron chi connectivity index (χ0n) is 20.5. The van der Waals surface area contributed by atoms with Gasteiger partial charge in [0.15, 0.2) is 0 Å². The zero-order valence-corrected chi connectivity index (χ0v) is 20.5.